The summed E-state index contributed by atoms with van der Waals surface area (Å²) in [5.74, 6) is -0.167. The molecule has 1 aromatic rings. The third kappa shape index (κ3) is 2.04. The Kier molecular flexibility index (Phi) is 3.24. The van der Waals surface area contributed by atoms with Crippen LogP contribution in [0.2, 0.25) is 0 Å². The minimum Gasteiger partial charge on any atom is -0.394 e. The van der Waals surface area contributed by atoms with Gasteiger partial charge in [-0.3, -0.25) is 4.79 Å². The van der Waals surface area contributed by atoms with Gasteiger partial charge in [0, 0.05) is 22.3 Å². The average Bonchev–Trinajstić information content (AvgIpc) is 2.96. The predicted molar refractivity (Wildman–Crippen MR) is 77.2 cm³/mol. The number of anilines is 2. The highest BCUT2D eigenvalue weighted by Crippen LogP contribution is 2.40. The van der Waals surface area contributed by atoms with Crippen molar-refractivity contribution in [2.75, 3.05) is 23.4 Å². The molecule has 102 valence electrons. The van der Waals surface area contributed by atoms with Crippen molar-refractivity contribution in [3.05, 3.63) is 22.2 Å². The van der Waals surface area contributed by atoms with E-state index in [4.69, 9.17) is 5.73 Å². The zero-order valence-corrected chi connectivity index (χ0v) is 12.0. The van der Waals surface area contributed by atoms with Crippen LogP contribution in [0.5, 0.6) is 0 Å². The zero-order chi connectivity index (χ0) is 13.6. The molecule has 2 aliphatic rings. The Bertz CT molecular complexity index is 535. The SMILES string of the molecule is NC1C(=O)Nc2cc(N3CCCC3CO)c(Br)cc21. The van der Waals surface area contributed by atoms with Gasteiger partial charge in [-0.15, -0.1) is 0 Å². The first-order valence-corrected chi connectivity index (χ1v) is 7.18. The zero-order valence-electron chi connectivity index (χ0n) is 10.4. The van der Waals surface area contributed by atoms with Gasteiger partial charge in [0.1, 0.15) is 6.04 Å². The Morgan fingerprint density at radius 3 is 3.05 bits per heavy atom. The van der Waals surface area contributed by atoms with Gasteiger partial charge in [0.25, 0.3) is 0 Å². The first kappa shape index (κ1) is 12.9. The number of hydrogen-bond donors (Lipinski definition) is 3. The molecule has 1 fully saturated rings. The molecule has 2 heterocycles. The number of fused-ring (bicyclic) bond motifs is 1. The summed E-state index contributed by atoms with van der Waals surface area (Å²) >= 11 is 3.55. The molecule has 0 aromatic heterocycles. The van der Waals surface area contributed by atoms with Gasteiger partial charge >= 0.3 is 0 Å². The average molecular weight is 326 g/mol. The van der Waals surface area contributed by atoms with Crippen molar-refractivity contribution in [1.82, 2.24) is 0 Å². The third-order valence-corrected chi connectivity index (χ3v) is 4.53. The first-order chi connectivity index (χ1) is 9.11. The molecule has 3 rings (SSSR count). The normalized spacial score (nSPS) is 25.6. The van der Waals surface area contributed by atoms with Crippen LogP contribution in [0.1, 0.15) is 24.4 Å². The number of carbonyl (C=O) groups excluding carboxylic acids is 1. The molecule has 6 heteroatoms. The highest BCUT2D eigenvalue weighted by atomic mass is 79.9. The number of benzene rings is 1. The molecular formula is C13H16BrN3O2. The van der Waals surface area contributed by atoms with Crippen molar-refractivity contribution in [3.8, 4) is 0 Å². The van der Waals surface area contributed by atoms with Crippen molar-refractivity contribution in [2.45, 2.75) is 24.9 Å². The van der Waals surface area contributed by atoms with Crippen LogP contribution in [-0.4, -0.2) is 30.2 Å². The van der Waals surface area contributed by atoms with E-state index in [0.717, 1.165) is 40.8 Å². The van der Waals surface area contributed by atoms with Crippen LogP contribution in [0.3, 0.4) is 0 Å². The van der Waals surface area contributed by atoms with E-state index < -0.39 is 6.04 Å². The van der Waals surface area contributed by atoms with Crippen LogP contribution in [0.15, 0.2) is 16.6 Å². The minimum absolute atomic E-state index is 0.148. The summed E-state index contributed by atoms with van der Waals surface area (Å²) in [5.41, 5.74) is 8.43. The molecule has 1 saturated heterocycles. The van der Waals surface area contributed by atoms with Gasteiger partial charge in [0.05, 0.1) is 18.3 Å². The van der Waals surface area contributed by atoms with Gasteiger partial charge in [0.2, 0.25) is 5.91 Å². The van der Waals surface area contributed by atoms with Crippen molar-refractivity contribution < 1.29 is 9.90 Å². The lowest BCUT2D eigenvalue weighted by Crippen LogP contribution is -2.32. The summed E-state index contributed by atoms with van der Waals surface area (Å²) in [4.78, 5) is 13.8. The van der Waals surface area contributed by atoms with Crippen LogP contribution in [0, 0.1) is 0 Å². The number of aliphatic hydroxyl groups is 1. The third-order valence-electron chi connectivity index (χ3n) is 3.89. The Hall–Kier alpha value is -1.11. The van der Waals surface area contributed by atoms with E-state index in [1.807, 2.05) is 12.1 Å². The Labute approximate surface area is 119 Å². The summed E-state index contributed by atoms with van der Waals surface area (Å²) < 4.78 is 0.915. The quantitative estimate of drug-likeness (QED) is 0.767. The Morgan fingerprint density at radius 1 is 1.53 bits per heavy atom. The predicted octanol–water partition coefficient (Wildman–Crippen LogP) is 1.36. The second-order valence-electron chi connectivity index (χ2n) is 5.03. The van der Waals surface area contributed by atoms with Gasteiger partial charge in [-0.2, -0.15) is 0 Å². The van der Waals surface area contributed by atoms with Gasteiger partial charge < -0.3 is 21.1 Å². The van der Waals surface area contributed by atoms with Crippen LogP contribution in [0.25, 0.3) is 0 Å². The number of halogens is 1. The first-order valence-electron chi connectivity index (χ1n) is 6.39. The van der Waals surface area contributed by atoms with E-state index in [1.165, 1.54) is 0 Å². The lowest BCUT2D eigenvalue weighted by Gasteiger charge is -2.27. The Morgan fingerprint density at radius 2 is 2.32 bits per heavy atom. The van der Waals surface area contributed by atoms with E-state index >= 15 is 0 Å². The van der Waals surface area contributed by atoms with Crippen molar-refractivity contribution in [1.29, 1.82) is 0 Å². The number of aliphatic hydroxyl groups excluding tert-OH is 1. The van der Waals surface area contributed by atoms with Crippen LogP contribution in [-0.2, 0) is 4.79 Å². The molecular weight excluding hydrogens is 310 g/mol. The summed E-state index contributed by atoms with van der Waals surface area (Å²) in [5, 5.41) is 12.2. The molecule has 0 saturated carbocycles. The van der Waals surface area contributed by atoms with Crippen LogP contribution in [0.4, 0.5) is 11.4 Å². The molecule has 2 aliphatic heterocycles. The van der Waals surface area contributed by atoms with E-state index in [1.54, 1.807) is 0 Å². The maximum atomic E-state index is 11.6. The smallest absolute Gasteiger partial charge is 0.245 e. The van der Waals surface area contributed by atoms with E-state index in [2.05, 4.69) is 26.1 Å². The lowest BCUT2D eigenvalue weighted by atomic mass is 10.1. The number of nitrogens with one attached hydrogen (secondary N) is 1. The highest BCUT2D eigenvalue weighted by molar-refractivity contribution is 9.10. The number of nitrogens with zero attached hydrogens (tertiary/aromatic N) is 1. The maximum absolute atomic E-state index is 11.6. The molecule has 1 aromatic carbocycles. The molecule has 0 radical (unpaired) electrons. The van der Waals surface area contributed by atoms with Crippen molar-refractivity contribution in [3.63, 3.8) is 0 Å². The largest absolute Gasteiger partial charge is 0.394 e. The number of hydrogen-bond acceptors (Lipinski definition) is 4. The highest BCUT2D eigenvalue weighted by Gasteiger charge is 2.31. The number of amides is 1. The van der Waals surface area contributed by atoms with E-state index in [-0.39, 0.29) is 18.6 Å². The topological polar surface area (TPSA) is 78.6 Å². The maximum Gasteiger partial charge on any atom is 0.245 e. The Balaban J connectivity index is 2.00. The fourth-order valence-corrected chi connectivity index (χ4v) is 3.45. The molecule has 1 amide bonds. The lowest BCUT2D eigenvalue weighted by molar-refractivity contribution is -0.116. The van der Waals surface area contributed by atoms with Crippen LogP contribution < -0.4 is 16.0 Å². The molecule has 2 unspecified atom stereocenters. The molecule has 5 nitrogen and oxygen atoms in total. The van der Waals surface area contributed by atoms with Crippen molar-refractivity contribution >= 4 is 33.2 Å². The molecule has 0 bridgehead atoms. The number of rotatable bonds is 2. The van der Waals surface area contributed by atoms with E-state index in [9.17, 15) is 9.90 Å². The second kappa shape index (κ2) is 4.77. The summed E-state index contributed by atoms with van der Waals surface area (Å²) in [6.07, 6.45) is 2.06. The molecule has 19 heavy (non-hydrogen) atoms. The van der Waals surface area contributed by atoms with Gasteiger partial charge in [-0.25, -0.2) is 0 Å². The molecule has 0 aliphatic carbocycles. The summed E-state index contributed by atoms with van der Waals surface area (Å²) in [6.45, 7) is 1.07. The van der Waals surface area contributed by atoms with Gasteiger partial charge in [-0.05, 0) is 40.9 Å². The summed E-state index contributed by atoms with van der Waals surface area (Å²) in [7, 11) is 0. The monoisotopic (exact) mass is 325 g/mol. The molecule has 0 spiro atoms. The number of nitrogens with two attached hydrogens (primary N) is 1. The fraction of sp³-hybridized carbons (Fsp3) is 0.462. The number of carbonyl (C=O) groups is 1. The summed E-state index contributed by atoms with van der Waals surface area (Å²) in [6, 6.07) is 3.41. The molecule has 2 atom stereocenters. The molecule has 4 N–H and O–H groups in total. The van der Waals surface area contributed by atoms with Crippen molar-refractivity contribution in [2.24, 2.45) is 5.73 Å². The fourth-order valence-electron chi connectivity index (χ4n) is 2.86. The minimum atomic E-state index is -0.590. The second-order valence-corrected chi connectivity index (χ2v) is 5.88. The van der Waals surface area contributed by atoms with Crippen LogP contribution >= 0.6 is 15.9 Å². The standard InChI is InChI=1S/C13H16BrN3O2/c14-9-4-8-10(16-13(19)12(8)15)5-11(9)17-3-1-2-7(17)6-18/h4-5,7,12,18H,1-3,6,15H2,(H,16,19). The van der Waals surface area contributed by atoms with E-state index in [0.29, 0.717) is 0 Å². The van der Waals surface area contributed by atoms with Gasteiger partial charge in [-0.1, -0.05) is 0 Å². The van der Waals surface area contributed by atoms with Gasteiger partial charge in [0.15, 0.2) is 0 Å².